The summed E-state index contributed by atoms with van der Waals surface area (Å²) in [7, 11) is 0. The molecule has 702 valence electrons. The summed E-state index contributed by atoms with van der Waals surface area (Å²) in [4.78, 5) is 18.1. The van der Waals surface area contributed by atoms with Crippen molar-refractivity contribution in [3.63, 3.8) is 0 Å². The highest BCUT2D eigenvalue weighted by atomic mass is 19.4. The number of fused-ring (bicyclic) bond motifs is 8. The van der Waals surface area contributed by atoms with Crippen LogP contribution in [-0.2, 0) is 12.4 Å². The van der Waals surface area contributed by atoms with Crippen LogP contribution in [0.15, 0.2) is 97.1 Å². The van der Waals surface area contributed by atoms with E-state index in [0.717, 1.165) is 140 Å². The summed E-state index contributed by atoms with van der Waals surface area (Å²) in [6, 6.07) is 25.0. The number of ether oxygens (including phenoxy) is 6. The molecule has 2 aliphatic rings. The number of hydrogen-bond donors (Lipinski definition) is 2. The van der Waals surface area contributed by atoms with Crippen molar-refractivity contribution in [1.29, 1.82) is 0 Å². The van der Waals surface area contributed by atoms with E-state index in [1.165, 1.54) is 217 Å². The Morgan fingerprint density at radius 2 is 0.438 bits per heavy atom. The molecule has 0 unspecified atom stereocenters. The number of H-pyrrole nitrogens is 2. The van der Waals surface area contributed by atoms with Crippen molar-refractivity contribution in [3.05, 3.63) is 175 Å². The van der Waals surface area contributed by atoms with Crippen molar-refractivity contribution in [1.82, 2.24) is 19.9 Å². The van der Waals surface area contributed by atoms with Gasteiger partial charge in [-0.25, -0.2) is 9.97 Å². The molecule has 0 aliphatic carbocycles. The number of alkyl halides is 6. The normalized spacial score (nSPS) is 11.7. The van der Waals surface area contributed by atoms with Crippen LogP contribution in [0.3, 0.4) is 0 Å². The lowest BCUT2D eigenvalue weighted by atomic mass is 10.1. The fraction of sp³-hybridized carbons (Fsp3) is 0.544. The lowest BCUT2D eigenvalue weighted by molar-refractivity contribution is -0.138. The number of aromatic nitrogens is 4. The van der Waals surface area contributed by atoms with Gasteiger partial charge in [0.1, 0.15) is 0 Å². The maximum absolute atomic E-state index is 14.1. The second kappa shape index (κ2) is 60.2. The van der Waals surface area contributed by atoms with Gasteiger partial charge in [0.2, 0.25) is 11.5 Å². The highest BCUT2D eigenvalue weighted by Gasteiger charge is 2.31. The fourth-order valence-electron chi connectivity index (χ4n) is 16.3. The summed E-state index contributed by atoms with van der Waals surface area (Å²) >= 11 is 0. The largest absolute Gasteiger partial charge is 0.490 e. The molecule has 5 heterocycles. The van der Waals surface area contributed by atoms with E-state index < -0.39 is 23.5 Å². The molecule has 2 aliphatic heterocycles. The molecule has 8 bridgehead atoms. The standard InChI is InChI=1S/C114H148F6N4O6/c1-7-13-19-25-31-37-43-49-79-125-107-85-91(86-108(126-80-50-44-38-32-26-20-14-8-2)111(107)129-83-53-47-41-35-29-23-17-11-5)61-69-97-103-75-71-99(121-103)95(67-59-89-55-63-93(64-56-89)113(115,116)117)101-73-77-105(123-101)98(106-78-74-102(124-106)96(100-72-76-104(97)122-100)68-60-90-57-65-94(66-58-90)114(118,119)120)70-62-92-87-109(127-81-51-45-39-33-27-21-15-9-3)112(130-84-54-48-42-36-30-24-18-12-6)110(88-92)128-82-52-46-40-34-28-22-16-10-4/h55-58,63-66,71-78,85-88,121-122H,7-54,79-84H2,1-6H3. The quantitative estimate of drug-likeness (QED) is 0.0220. The van der Waals surface area contributed by atoms with Gasteiger partial charge >= 0.3 is 12.4 Å². The Morgan fingerprint density at radius 1 is 0.231 bits per heavy atom. The molecule has 0 amide bonds. The summed E-state index contributed by atoms with van der Waals surface area (Å²) < 4.78 is 126. The van der Waals surface area contributed by atoms with Crippen molar-refractivity contribution in [2.24, 2.45) is 0 Å². The molecule has 7 aromatic rings. The van der Waals surface area contributed by atoms with E-state index in [9.17, 15) is 26.3 Å². The highest BCUT2D eigenvalue weighted by Crippen LogP contribution is 2.43. The van der Waals surface area contributed by atoms with Crippen LogP contribution in [0.5, 0.6) is 34.5 Å². The first-order valence-electron chi connectivity index (χ1n) is 50.3. The van der Waals surface area contributed by atoms with Gasteiger partial charge in [0.15, 0.2) is 23.0 Å². The molecule has 4 aromatic carbocycles. The Labute approximate surface area is 775 Å². The topological polar surface area (TPSA) is 113 Å². The molecule has 130 heavy (non-hydrogen) atoms. The molecule has 0 fully saturated rings. The number of unbranched alkanes of at least 4 members (excludes halogenated alkanes) is 42. The molecule has 2 N–H and O–H groups in total. The van der Waals surface area contributed by atoms with E-state index in [2.05, 4.69) is 98.9 Å². The molecule has 0 atom stereocenters. The van der Waals surface area contributed by atoms with Crippen LogP contribution in [0.1, 0.15) is 428 Å². The first kappa shape index (κ1) is 104. The van der Waals surface area contributed by atoms with E-state index in [-0.39, 0.29) is 0 Å². The highest BCUT2D eigenvalue weighted by molar-refractivity contribution is 5.88. The van der Waals surface area contributed by atoms with Gasteiger partial charge in [-0.05, 0) is 160 Å². The van der Waals surface area contributed by atoms with Gasteiger partial charge in [0, 0.05) is 22.3 Å². The lowest BCUT2D eigenvalue weighted by Crippen LogP contribution is -2.07. The number of aromatic amines is 2. The zero-order valence-electron chi connectivity index (χ0n) is 79.3. The number of benzene rings is 4. The number of nitrogens with one attached hydrogen (secondary N) is 2. The summed E-state index contributed by atoms with van der Waals surface area (Å²) in [6.45, 7) is 16.4. The van der Waals surface area contributed by atoms with Crippen LogP contribution in [0, 0.1) is 47.4 Å². The van der Waals surface area contributed by atoms with Crippen LogP contribution in [0.25, 0.3) is 46.4 Å². The first-order chi connectivity index (χ1) is 63.6. The smallest absolute Gasteiger partial charge is 0.416 e. The predicted molar refractivity (Wildman–Crippen MR) is 527 cm³/mol. The third kappa shape index (κ3) is 37.4. The molecular formula is C114H148F6N4O6. The van der Waals surface area contributed by atoms with Crippen molar-refractivity contribution in [3.8, 4) is 81.9 Å². The lowest BCUT2D eigenvalue weighted by Gasteiger charge is -2.18. The van der Waals surface area contributed by atoms with E-state index in [1.807, 2.05) is 72.8 Å². The molecule has 0 spiro atoms. The zero-order valence-corrected chi connectivity index (χ0v) is 79.3. The SMILES string of the molecule is CCCCCCCCCCOc1cc(C#Cc2c3nc(c(C#Cc4ccc(C(F)(F)F)cc4)c4ccc([nH]4)c(C#Cc4cc(OCCCCCCCCCC)c(OCCCCCCCCCC)c(OCCCCCCCCCC)c4)c4ccc([nH]4)c(C#Cc4ccc(C(F)(F)F)cc4)c4nc2C=C4)C=C3)cc(OCCCCCCCCCC)c1OCCCCCCCCCC. The van der Waals surface area contributed by atoms with Crippen LogP contribution >= 0.6 is 0 Å². The Hall–Kier alpha value is -9.90. The van der Waals surface area contributed by atoms with Crippen molar-refractivity contribution < 1.29 is 54.8 Å². The van der Waals surface area contributed by atoms with E-state index in [1.54, 1.807) is 0 Å². The Bertz CT molecular complexity index is 4740. The molecule has 0 saturated heterocycles. The average Bonchev–Trinajstić information content (AvgIpc) is 1.67. The van der Waals surface area contributed by atoms with Crippen molar-refractivity contribution in [2.75, 3.05) is 39.6 Å². The van der Waals surface area contributed by atoms with Crippen LogP contribution in [0.4, 0.5) is 26.3 Å². The minimum Gasteiger partial charge on any atom is -0.490 e. The molecule has 3 aromatic heterocycles. The van der Waals surface area contributed by atoms with Crippen molar-refractivity contribution >= 4 is 46.4 Å². The summed E-state index contributed by atoms with van der Waals surface area (Å²) in [6.07, 6.45) is 53.5. The summed E-state index contributed by atoms with van der Waals surface area (Å²) in [5, 5.41) is 0. The van der Waals surface area contributed by atoms with Crippen LogP contribution in [0.2, 0.25) is 0 Å². The van der Waals surface area contributed by atoms with Gasteiger partial charge in [-0.1, -0.05) is 359 Å². The maximum Gasteiger partial charge on any atom is 0.416 e. The van der Waals surface area contributed by atoms with Gasteiger partial charge in [0.25, 0.3) is 0 Å². The van der Waals surface area contributed by atoms with E-state index in [4.69, 9.17) is 38.4 Å². The Morgan fingerprint density at radius 3 is 0.692 bits per heavy atom. The van der Waals surface area contributed by atoms with Gasteiger partial charge in [-0.3, -0.25) is 0 Å². The average molecular weight is 1780 g/mol. The van der Waals surface area contributed by atoms with Gasteiger partial charge < -0.3 is 38.4 Å². The predicted octanol–water partition coefficient (Wildman–Crippen LogP) is 33.4. The minimum atomic E-state index is -4.56. The van der Waals surface area contributed by atoms with Gasteiger partial charge in [-0.15, -0.1) is 0 Å². The second-order valence-corrected chi connectivity index (χ2v) is 35.2. The van der Waals surface area contributed by atoms with Gasteiger partial charge in [0.05, 0.1) is 118 Å². The number of hydrogen-bond acceptors (Lipinski definition) is 8. The number of halogens is 6. The number of nitrogens with zero attached hydrogens (tertiary/aromatic N) is 2. The van der Waals surface area contributed by atoms with Gasteiger partial charge in [-0.2, -0.15) is 26.3 Å². The van der Waals surface area contributed by atoms with Crippen LogP contribution in [-0.4, -0.2) is 59.6 Å². The van der Waals surface area contributed by atoms with Crippen molar-refractivity contribution in [2.45, 2.75) is 362 Å². The summed E-state index contributed by atoms with van der Waals surface area (Å²) in [5.74, 6) is 30.7. The van der Waals surface area contributed by atoms with Crippen LogP contribution < -0.4 is 28.4 Å². The molecule has 10 nitrogen and oxygen atoms in total. The van der Waals surface area contributed by atoms with E-state index in [0.29, 0.717) is 163 Å². The van der Waals surface area contributed by atoms with E-state index >= 15 is 0 Å². The molecule has 0 radical (unpaired) electrons. The first-order valence-corrected chi connectivity index (χ1v) is 50.3. The third-order valence-electron chi connectivity index (χ3n) is 24.1. The maximum atomic E-state index is 14.1. The molecular weight excluding hydrogens is 1640 g/mol. The Kier molecular flexibility index (Phi) is 48.1. The molecule has 9 rings (SSSR count). The molecule has 0 saturated carbocycles. The molecule has 16 heteroatoms. The Balaban J connectivity index is 1.24. The zero-order chi connectivity index (χ0) is 91.9. The second-order valence-electron chi connectivity index (χ2n) is 35.2. The third-order valence-corrected chi connectivity index (χ3v) is 24.1. The summed E-state index contributed by atoms with van der Waals surface area (Å²) in [5.41, 5.74) is 6.10. The fourth-order valence-corrected chi connectivity index (χ4v) is 16.3. The minimum absolute atomic E-state index is 0.349. The number of rotatable bonds is 60. The monoisotopic (exact) mass is 1780 g/mol.